The summed E-state index contributed by atoms with van der Waals surface area (Å²) in [5.41, 5.74) is 0.00816. The van der Waals surface area contributed by atoms with Crippen molar-refractivity contribution in [2.24, 2.45) is 5.92 Å². The van der Waals surface area contributed by atoms with E-state index in [1.165, 1.54) is 18.2 Å². The number of nitrogens with zero attached hydrogens (tertiary/aromatic N) is 1. The molecule has 0 aliphatic heterocycles. The van der Waals surface area contributed by atoms with Crippen molar-refractivity contribution < 1.29 is 22.7 Å². The zero-order valence-electron chi connectivity index (χ0n) is 14.3. The molecule has 138 valence electrons. The Labute approximate surface area is 150 Å². The van der Waals surface area contributed by atoms with Crippen molar-refractivity contribution >= 4 is 5.97 Å². The molecule has 0 amide bonds. The largest absolute Gasteiger partial charge is 0.459 e. The van der Waals surface area contributed by atoms with Crippen LogP contribution in [0.2, 0.25) is 0 Å². The minimum absolute atomic E-state index is 0.00816. The van der Waals surface area contributed by atoms with Crippen LogP contribution >= 0.6 is 0 Å². The molecule has 0 bridgehead atoms. The molecule has 1 aromatic carbocycles. The van der Waals surface area contributed by atoms with Crippen LogP contribution in [0, 0.1) is 28.9 Å². The van der Waals surface area contributed by atoms with Gasteiger partial charge in [0, 0.05) is 0 Å². The van der Waals surface area contributed by atoms with Crippen LogP contribution in [0.1, 0.15) is 48.9 Å². The lowest BCUT2D eigenvalue weighted by atomic mass is 9.84. The van der Waals surface area contributed by atoms with Gasteiger partial charge in [-0.1, -0.05) is 12.2 Å². The third kappa shape index (κ3) is 6.07. The van der Waals surface area contributed by atoms with Gasteiger partial charge in [0.25, 0.3) is 0 Å². The number of hydrogen-bond acceptors (Lipinski definition) is 3. The van der Waals surface area contributed by atoms with E-state index >= 15 is 0 Å². The Kier molecular flexibility index (Phi) is 7.46. The van der Waals surface area contributed by atoms with Gasteiger partial charge in [-0.15, -0.1) is 0 Å². The molecular formula is C20H20F3NO2. The number of carbonyl (C=O) groups is 1. The van der Waals surface area contributed by atoms with E-state index in [-0.39, 0.29) is 11.7 Å². The van der Waals surface area contributed by atoms with Crippen LogP contribution in [0.4, 0.5) is 13.2 Å². The highest BCUT2D eigenvalue weighted by atomic mass is 19.2. The Morgan fingerprint density at radius 3 is 2.62 bits per heavy atom. The second-order valence-corrected chi connectivity index (χ2v) is 6.31. The number of rotatable bonds is 6. The van der Waals surface area contributed by atoms with Crippen molar-refractivity contribution in [3.05, 3.63) is 59.5 Å². The van der Waals surface area contributed by atoms with Gasteiger partial charge in [0.2, 0.25) is 0 Å². The highest BCUT2D eigenvalue weighted by molar-refractivity contribution is 5.89. The van der Waals surface area contributed by atoms with Crippen LogP contribution in [0.5, 0.6) is 0 Å². The van der Waals surface area contributed by atoms with E-state index in [1.54, 1.807) is 0 Å². The van der Waals surface area contributed by atoms with E-state index in [4.69, 9.17) is 10.00 Å². The fourth-order valence-corrected chi connectivity index (χ4v) is 3.00. The summed E-state index contributed by atoms with van der Waals surface area (Å²) in [4.78, 5) is 12.0. The number of allylic oxidation sites excluding steroid dienone is 4. The lowest BCUT2D eigenvalue weighted by molar-refractivity contribution is 0.0162. The maximum Gasteiger partial charge on any atom is 0.338 e. The van der Waals surface area contributed by atoms with Crippen LogP contribution in [-0.2, 0) is 4.74 Å². The molecule has 3 nitrogen and oxygen atoms in total. The first-order valence-corrected chi connectivity index (χ1v) is 8.58. The van der Waals surface area contributed by atoms with Crippen molar-refractivity contribution in [3.8, 4) is 6.07 Å². The number of benzene rings is 1. The zero-order chi connectivity index (χ0) is 18.9. The summed E-state index contributed by atoms with van der Waals surface area (Å²) in [5.74, 6) is -3.02. The Bertz CT molecular complexity index is 729. The smallest absolute Gasteiger partial charge is 0.338 e. The van der Waals surface area contributed by atoms with Crippen LogP contribution in [-0.4, -0.2) is 12.1 Å². The second-order valence-electron chi connectivity index (χ2n) is 6.31. The zero-order valence-corrected chi connectivity index (χ0v) is 14.3. The first-order valence-electron chi connectivity index (χ1n) is 8.58. The summed E-state index contributed by atoms with van der Waals surface area (Å²) in [5, 5.41) is 8.28. The normalized spacial score (nSPS) is 20.8. The Morgan fingerprint density at radius 2 is 1.96 bits per heavy atom. The molecule has 1 fully saturated rings. The van der Waals surface area contributed by atoms with Gasteiger partial charge >= 0.3 is 5.97 Å². The van der Waals surface area contributed by atoms with Gasteiger partial charge in [-0.2, -0.15) is 9.65 Å². The Morgan fingerprint density at radius 1 is 1.23 bits per heavy atom. The molecule has 0 heterocycles. The van der Waals surface area contributed by atoms with Crippen molar-refractivity contribution in [3.63, 3.8) is 0 Å². The van der Waals surface area contributed by atoms with E-state index in [2.05, 4.69) is 0 Å². The molecule has 0 radical (unpaired) electrons. The molecule has 1 saturated carbocycles. The average molecular weight is 363 g/mol. The molecular weight excluding hydrogens is 343 g/mol. The molecule has 1 aliphatic rings. The van der Waals surface area contributed by atoms with E-state index in [0.29, 0.717) is 5.92 Å². The minimum atomic E-state index is -1.07. The van der Waals surface area contributed by atoms with E-state index < -0.39 is 23.4 Å². The molecule has 2 rings (SSSR count). The lowest BCUT2D eigenvalue weighted by Crippen LogP contribution is -2.24. The minimum Gasteiger partial charge on any atom is -0.459 e. The molecule has 26 heavy (non-hydrogen) atoms. The van der Waals surface area contributed by atoms with Gasteiger partial charge in [0.15, 0.2) is 17.5 Å². The van der Waals surface area contributed by atoms with Gasteiger partial charge in [0.05, 0.1) is 5.56 Å². The van der Waals surface area contributed by atoms with Crippen LogP contribution < -0.4 is 0 Å². The second kappa shape index (κ2) is 9.81. The first kappa shape index (κ1) is 19.8. The average Bonchev–Trinajstić information content (AvgIpc) is 2.64. The number of nitriles is 1. The maximum atomic E-state index is 13.2. The SMILES string of the molecule is N#CC(F)=CC=CCC[C@H]1CC[C@H](OC(=O)c2ccc(F)c(F)c2)CC1. The molecule has 1 aromatic rings. The monoisotopic (exact) mass is 363 g/mol. The third-order valence-corrected chi connectivity index (χ3v) is 4.45. The molecule has 0 N–H and O–H groups in total. The molecule has 0 saturated heterocycles. The fraction of sp³-hybridized carbons (Fsp3) is 0.400. The summed E-state index contributed by atoms with van der Waals surface area (Å²) in [6.07, 6.45) is 9.29. The molecule has 1 aliphatic carbocycles. The Balaban J connectivity index is 1.72. The van der Waals surface area contributed by atoms with Gasteiger partial charge < -0.3 is 4.74 Å². The molecule has 0 spiro atoms. The van der Waals surface area contributed by atoms with Crippen LogP contribution in [0.15, 0.2) is 42.3 Å². The first-order chi connectivity index (χ1) is 12.5. The van der Waals surface area contributed by atoms with Crippen molar-refractivity contribution in [2.75, 3.05) is 0 Å². The van der Waals surface area contributed by atoms with E-state index in [9.17, 15) is 18.0 Å². The molecule has 0 aromatic heterocycles. The fourth-order valence-electron chi connectivity index (χ4n) is 3.00. The summed E-state index contributed by atoms with van der Waals surface area (Å²) >= 11 is 0. The van der Waals surface area contributed by atoms with Crippen LogP contribution in [0.25, 0.3) is 0 Å². The number of carbonyl (C=O) groups excluding carboxylic acids is 1. The molecule has 0 unspecified atom stereocenters. The maximum absolute atomic E-state index is 13.2. The lowest BCUT2D eigenvalue weighted by Gasteiger charge is -2.28. The van der Waals surface area contributed by atoms with Crippen LogP contribution in [0.3, 0.4) is 0 Å². The predicted octanol–water partition coefficient (Wildman–Crippen LogP) is 5.39. The number of hydrogen-bond donors (Lipinski definition) is 0. The third-order valence-electron chi connectivity index (χ3n) is 4.45. The van der Waals surface area contributed by atoms with Gasteiger partial charge in [-0.3, -0.25) is 0 Å². The van der Waals surface area contributed by atoms with Crippen molar-refractivity contribution in [2.45, 2.75) is 44.6 Å². The topological polar surface area (TPSA) is 50.1 Å². The number of esters is 1. The van der Waals surface area contributed by atoms with Gasteiger partial charge in [-0.05, 0) is 68.7 Å². The Hall–Kier alpha value is -2.55. The highest BCUT2D eigenvalue weighted by Crippen LogP contribution is 2.30. The standard InChI is InChI=1S/C20H20F3NO2/c21-16(13-24)5-3-1-2-4-14-6-9-17(10-7-14)26-20(25)15-8-11-18(22)19(23)12-15/h1,3,5,8,11-12,14,17H,2,4,6-7,9-10H2/t14-,17-. The summed E-state index contributed by atoms with van der Waals surface area (Å²) in [6.45, 7) is 0. The highest BCUT2D eigenvalue weighted by Gasteiger charge is 2.24. The van der Waals surface area contributed by atoms with E-state index in [1.807, 2.05) is 6.08 Å². The summed E-state index contributed by atoms with van der Waals surface area (Å²) in [7, 11) is 0. The number of ether oxygens (including phenoxy) is 1. The van der Waals surface area contributed by atoms with Crippen molar-refractivity contribution in [1.82, 2.24) is 0 Å². The predicted molar refractivity (Wildman–Crippen MR) is 90.7 cm³/mol. The molecule has 0 atom stereocenters. The number of halogens is 3. The quantitative estimate of drug-likeness (QED) is 0.387. The summed E-state index contributed by atoms with van der Waals surface area (Å²) in [6, 6.07) is 4.37. The van der Waals surface area contributed by atoms with Crippen molar-refractivity contribution in [1.29, 1.82) is 5.26 Å². The van der Waals surface area contributed by atoms with Gasteiger partial charge in [-0.25, -0.2) is 13.6 Å². The molecule has 6 heteroatoms. The summed E-state index contributed by atoms with van der Waals surface area (Å²) < 4.78 is 44.1. The van der Waals surface area contributed by atoms with Gasteiger partial charge in [0.1, 0.15) is 12.2 Å². The van der Waals surface area contributed by atoms with E-state index in [0.717, 1.165) is 56.7 Å².